The molecule has 1 aliphatic carbocycles. The smallest absolute Gasteiger partial charge is 0.0651 e. The van der Waals surface area contributed by atoms with Gasteiger partial charge < -0.3 is 5.32 Å². The van der Waals surface area contributed by atoms with Crippen LogP contribution in [0.4, 0.5) is 0 Å². The van der Waals surface area contributed by atoms with E-state index in [1.165, 1.54) is 41.2 Å². The third-order valence-electron chi connectivity index (χ3n) is 4.56. The van der Waals surface area contributed by atoms with E-state index in [1.54, 1.807) is 0 Å². The Morgan fingerprint density at radius 2 is 1.73 bits per heavy atom. The number of hydrogen-bond acceptors (Lipinski definition) is 1. The first kappa shape index (κ1) is 16.8. The molecule has 2 aromatic rings. The van der Waals surface area contributed by atoms with E-state index in [2.05, 4.69) is 75.3 Å². The van der Waals surface area contributed by atoms with Crippen molar-refractivity contribution in [1.82, 2.24) is 5.32 Å². The fourth-order valence-electron chi connectivity index (χ4n) is 3.48. The summed E-state index contributed by atoms with van der Waals surface area (Å²) >= 11 is 0. The molecule has 0 radical (unpaired) electrons. The molecule has 3 rings (SSSR count). The Morgan fingerprint density at radius 3 is 2.41 bits per heavy atom. The van der Waals surface area contributed by atoms with Gasteiger partial charge in [0.05, 0.1) is 5.54 Å². The van der Waals surface area contributed by atoms with Gasteiger partial charge in [-0.05, 0) is 42.6 Å². The summed E-state index contributed by atoms with van der Waals surface area (Å²) in [5, 5.41) is 6.24. The molecule has 118 valence electrons. The summed E-state index contributed by atoms with van der Waals surface area (Å²) in [6, 6.07) is 15.3. The monoisotopic (exact) mass is 295 g/mol. The van der Waals surface area contributed by atoms with Gasteiger partial charge in [0.25, 0.3) is 0 Å². The normalized spacial score (nSPS) is 21.3. The Hall–Kier alpha value is -1.60. The molecule has 1 heteroatoms. The first-order valence-electron chi connectivity index (χ1n) is 8.55. The van der Waals surface area contributed by atoms with Crippen molar-refractivity contribution in [3.8, 4) is 0 Å². The molecule has 1 N–H and O–H groups in total. The summed E-state index contributed by atoms with van der Waals surface area (Å²) in [5.41, 5.74) is 2.68. The first-order valence-corrected chi connectivity index (χ1v) is 8.55. The van der Waals surface area contributed by atoms with Crippen LogP contribution in [-0.2, 0) is 5.54 Å². The minimum atomic E-state index is -0.0425. The number of rotatable bonds is 2. The maximum atomic E-state index is 4.36. The van der Waals surface area contributed by atoms with Gasteiger partial charge in [0.1, 0.15) is 0 Å². The van der Waals surface area contributed by atoms with Crippen LogP contribution in [0.5, 0.6) is 0 Å². The third-order valence-corrected chi connectivity index (χ3v) is 4.56. The Bertz CT molecular complexity index is 623. The van der Waals surface area contributed by atoms with Crippen LogP contribution in [0.1, 0.15) is 51.5 Å². The van der Waals surface area contributed by atoms with Crippen LogP contribution >= 0.6 is 0 Å². The van der Waals surface area contributed by atoms with Crippen molar-refractivity contribution in [1.29, 1.82) is 0 Å². The summed E-state index contributed by atoms with van der Waals surface area (Å²) < 4.78 is 0. The molecular weight excluding hydrogens is 266 g/mol. The Kier molecular flexibility index (Phi) is 5.79. The van der Waals surface area contributed by atoms with E-state index in [-0.39, 0.29) is 5.54 Å². The topological polar surface area (TPSA) is 12.0 Å². The van der Waals surface area contributed by atoms with E-state index in [1.807, 2.05) is 0 Å². The van der Waals surface area contributed by atoms with Crippen molar-refractivity contribution >= 4 is 10.8 Å². The van der Waals surface area contributed by atoms with Gasteiger partial charge in [-0.2, -0.15) is 0 Å². The second kappa shape index (κ2) is 7.60. The van der Waals surface area contributed by atoms with E-state index >= 15 is 0 Å². The molecule has 1 aliphatic rings. The van der Waals surface area contributed by atoms with E-state index < -0.39 is 0 Å². The van der Waals surface area contributed by atoms with E-state index in [9.17, 15) is 0 Å². The standard InChI is InChI=1S/C18H21N.C3H8/c1-14-8-5-6-13-18(14,19-2)17-12-7-10-15-9-3-4-11-16(15)17;1-3-2/h3-4,7,9-12,19H,1,5-6,8,13H2,2H3;3H2,1-2H3. The van der Waals surface area contributed by atoms with Crippen LogP contribution in [0.3, 0.4) is 0 Å². The van der Waals surface area contributed by atoms with E-state index in [0.29, 0.717) is 0 Å². The van der Waals surface area contributed by atoms with Crippen LogP contribution in [0.15, 0.2) is 54.6 Å². The molecule has 1 fully saturated rings. The molecule has 0 saturated heterocycles. The predicted octanol–water partition coefficient (Wildman–Crippen LogP) is 5.80. The molecule has 1 nitrogen and oxygen atoms in total. The van der Waals surface area contributed by atoms with E-state index in [4.69, 9.17) is 0 Å². The molecule has 0 spiro atoms. The van der Waals surface area contributed by atoms with Gasteiger partial charge in [0.2, 0.25) is 0 Å². The summed E-state index contributed by atoms with van der Waals surface area (Å²) in [6.45, 7) is 8.61. The number of hydrogen-bond donors (Lipinski definition) is 1. The summed E-state index contributed by atoms with van der Waals surface area (Å²) in [7, 11) is 2.07. The molecule has 0 bridgehead atoms. The molecule has 22 heavy (non-hydrogen) atoms. The maximum absolute atomic E-state index is 4.36. The lowest BCUT2D eigenvalue weighted by Gasteiger charge is -2.40. The first-order chi connectivity index (χ1) is 10.7. The highest BCUT2D eigenvalue weighted by atomic mass is 14.9. The van der Waals surface area contributed by atoms with Gasteiger partial charge in [-0.1, -0.05) is 81.3 Å². The number of fused-ring (bicyclic) bond motifs is 1. The Labute approximate surface area is 135 Å². The fourth-order valence-corrected chi connectivity index (χ4v) is 3.48. The minimum absolute atomic E-state index is 0.0425. The number of nitrogens with one attached hydrogen (secondary N) is 1. The lowest BCUT2D eigenvalue weighted by molar-refractivity contribution is 0.337. The highest BCUT2D eigenvalue weighted by molar-refractivity contribution is 5.87. The zero-order valence-corrected chi connectivity index (χ0v) is 14.3. The van der Waals surface area contributed by atoms with Crippen molar-refractivity contribution in [3.63, 3.8) is 0 Å². The largest absolute Gasteiger partial charge is 0.307 e. The Morgan fingerprint density at radius 1 is 1.05 bits per heavy atom. The third kappa shape index (κ3) is 3.10. The van der Waals surface area contributed by atoms with Crippen molar-refractivity contribution in [2.75, 3.05) is 7.05 Å². The van der Waals surface area contributed by atoms with Crippen LogP contribution in [-0.4, -0.2) is 7.05 Å². The number of likely N-dealkylation sites (N-methyl/N-ethyl adjacent to an activating group) is 1. The predicted molar refractivity (Wildman–Crippen MR) is 98.3 cm³/mol. The lowest BCUT2D eigenvalue weighted by atomic mass is 9.72. The Balaban J connectivity index is 0.000000545. The van der Waals surface area contributed by atoms with Crippen LogP contribution in [0, 0.1) is 0 Å². The van der Waals surface area contributed by atoms with Gasteiger partial charge in [-0.25, -0.2) is 0 Å². The molecular formula is C21H29N. The zero-order valence-electron chi connectivity index (χ0n) is 14.3. The molecule has 1 atom stereocenters. The molecule has 0 aromatic heterocycles. The second-order valence-corrected chi connectivity index (χ2v) is 6.20. The fraction of sp³-hybridized carbons (Fsp3) is 0.429. The van der Waals surface area contributed by atoms with E-state index in [0.717, 1.165) is 12.8 Å². The van der Waals surface area contributed by atoms with Crippen LogP contribution in [0.25, 0.3) is 10.8 Å². The summed E-state index contributed by atoms with van der Waals surface area (Å²) in [5.74, 6) is 0. The highest BCUT2D eigenvalue weighted by Gasteiger charge is 2.36. The summed E-state index contributed by atoms with van der Waals surface area (Å²) in [6.07, 6.45) is 6.07. The van der Waals surface area contributed by atoms with Crippen LogP contribution < -0.4 is 5.32 Å². The van der Waals surface area contributed by atoms with Gasteiger partial charge in [0, 0.05) is 0 Å². The average molecular weight is 295 g/mol. The quantitative estimate of drug-likeness (QED) is 0.690. The zero-order chi connectivity index (χ0) is 16.0. The van der Waals surface area contributed by atoms with Gasteiger partial charge in [0.15, 0.2) is 0 Å². The SMILES string of the molecule is C=C1CCCCC1(NC)c1cccc2ccccc12.CCC. The van der Waals surface area contributed by atoms with Crippen LogP contribution in [0.2, 0.25) is 0 Å². The molecule has 0 aliphatic heterocycles. The maximum Gasteiger partial charge on any atom is 0.0651 e. The van der Waals surface area contributed by atoms with Crippen molar-refractivity contribution in [2.24, 2.45) is 0 Å². The molecule has 1 saturated carbocycles. The highest BCUT2D eigenvalue weighted by Crippen LogP contribution is 2.42. The number of benzene rings is 2. The molecule has 2 aromatic carbocycles. The minimum Gasteiger partial charge on any atom is -0.307 e. The van der Waals surface area contributed by atoms with Gasteiger partial charge in [-0.3, -0.25) is 0 Å². The second-order valence-electron chi connectivity index (χ2n) is 6.20. The van der Waals surface area contributed by atoms with Gasteiger partial charge >= 0.3 is 0 Å². The lowest BCUT2D eigenvalue weighted by Crippen LogP contribution is -2.43. The average Bonchev–Trinajstić information content (AvgIpc) is 2.56. The van der Waals surface area contributed by atoms with Gasteiger partial charge in [-0.15, -0.1) is 0 Å². The molecule has 1 unspecified atom stereocenters. The van der Waals surface area contributed by atoms with Crippen molar-refractivity contribution in [2.45, 2.75) is 51.5 Å². The molecule has 0 heterocycles. The summed E-state index contributed by atoms with van der Waals surface area (Å²) in [4.78, 5) is 0. The molecule has 0 amide bonds. The van der Waals surface area contributed by atoms with Crippen molar-refractivity contribution in [3.05, 3.63) is 60.2 Å². The van der Waals surface area contributed by atoms with Crippen molar-refractivity contribution < 1.29 is 0 Å².